The van der Waals surface area contributed by atoms with Gasteiger partial charge in [0, 0.05) is 18.7 Å². The van der Waals surface area contributed by atoms with Gasteiger partial charge < -0.3 is 14.2 Å². The fraction of sp³-hybridized carbons (Fsp3) is 0.550. The number of aromatic nitrogens is 2. The van der Waals surface area contributed by atoms with Gasteiger partial charge in [0.05, 0.1) is 25.0 Å². The number of hydrogen-bond donors (Lipinski definition) is 0. The molecule has 0 spiro atoms. The monoisotopic (exact) mass is 353 g/mol. The summed E-state index contributed by atoms with van der Waals surface area (Å²) in [5, 5.41) is 4.19. The molecule has 1 aliphatic heterocycles. The quantitative estimate of drug-likeness (QED) is 0.849. The molecule has 0 radical (unpaired) electrons. The zero-order chi connectivity index (χ0) is 17.5. The predicted octanol–water partition coefficient (Wildman–Crippen LogP) is 2.73. The molecule has 2 bridgehead atoms. The molecule has 136 valence electrons. The third-order valence-electron chi connectivity index (χ3n) is 6.28. The van der Waals surface area contributed by atoms with Gasteiger partial charge in [-0.15, -0.1) is 0 Å². The molecule has 3 fully saturated rings. The molecule has 26 heavy (non-hydrogen) atoms. The first kappa shape index (κ1) is 16.0. The van der Waals surface area contributed by atoms with Crippen LogP contribution in [-0.4, -0.2) is 47.3 Å². The number of nitrogens with zero attached hydrogens (tertiary/aromatic N) is 3. The first-order valence-corrected chi connectivity index (χ1v) is 9.57. The highest BCUT2D eigenvalue weighted by Gasteiger charge is 2.54. The summed E-state index contributed by atoms with van der Waals surface area (Å²) in [7, 11) is 0. The standard InChI is InChI=1S/C20H23N3O3/c24-20(23-8-10-25-11-9-23)17-15-7-6-14(12-15)16(17)19-21-18(22-26-19)13-4-2-1-3-5-13/h1-5,14-17H,6-12H2/t14-,15+,16+,17+/m1/s1. The lowest BCUT2D eigenvalue weighted by Crippen LogP contribution is -2.46. The maximum Gasteiger partial charge on any atom is 0.231 e. The van der Waals surface area contributed by atoms with Crippen molar-refractivity contribution < 1.29 is 14.1 Å². The smallest absolute Gasteiger partial charge is 0.231 e. The van der Waals surface area contributed by atoms with Crippen LogP contribution < -0.4 is 0 Å². The summed E-state index contributed by atoms with van der Waals surface area (Å²) < 4.78 is 11.1. The molecule has 2 heterocycles. The van der Waals surface area contributed by atoms with Crippen LogP contribution in [0.4, 0.5) is 0 Å². The second kappa shape index (κ2) is 6.50. The number of carbonyl (C=O) groups is 1. The molecular formula is C20H23N3O3. The first-order valence-electron chi connectivity index (χ1n) is 9.57. The highest BCUT2D eigenvalue weighted by molar-refractivity contribution is 5.81. The molecular weight excluding hydrogens is 330 g/mol. The summed E-state index contributed by atoms with van der Waals surface area (Å²) in [6.45, 7) is 2.66. The largest absolute Gasteiger partial charge is 0.378 e. The van der Waals surface area contributed by atoms with E-state index in [-0.39, 0.29) is 17.7 Å². The van der Waals surface area contributed by atoms with Gasteiger partial charge in [0.25, 0.3) is 0 Å². The number of carbonyl (C=O) groups excluding carboxylic acids is 1. The molecule has 0 N–H and O–H groups in total. The molecule has 1 amide bonds. The Morgan fingerprint density at radius 2 is 1.85 bits per heavy atom. The number of hydrogen-bond acceptors (Lipinski definition) is 5. The summed E-state index contributed by atoms with van der Waals surface area (Å²) in [4.78, 5) is 19.9. The van der Waals surface area contributed by atoms with E-state index in [0.29, 0.717) is 49.9 Å². The van der Waals surface area contributed by atoms with Crippen molar-refractivity contribution >= 4 is 5.91 Å². The fourth-order valence-corrected chi connectivity index (χ4v) is 5.07. The molecule has 1 aromatic heterocycles. The molecule has 2 aliphatic carbocycles. The van der Waals surface area contributed by atoms with Crippen molar-refractivity contribution in [1.82, 2.24) is 15.0 Å². The normalized spacial score (nSPS) is 30.7. The molecule has 1 aromatic carbocycles. The Kier molecular flexibility index (Phi) is 4.00. The van der Waals surface area contributed by atoms with Crippen LogP contribution >= 0.6 is 0 Å². The number of morpholine rings is 1. The van der Waals surface area contributed by atoms with E-state index < -0.39 is 0 Å². The van der Waals surface area contributed by atoms with Crippen LogP contribution in [-0.2, 0) is 9.53 Å². The van der Waals surface area contributed by atoms with E-state index in [1.165, 1.54) is 0 Å². The Bertz CT molecular complexity index is 785. The maximum absolute atomic E-state index is 13.2. The highest BCUT2D eigenvalue weighted by atomic mass is 16.5. The zero-order valence-corrected chi connectivity index (χ0v) is 14.7. The third-order valence-corrected chi connectivity index (χ3v) is 6.28. The molecule has 4 atom stereocenters. The van der Waals surface area contributed by atoms with E-state index >= 15 is 0 Å². The van der Waals surface area contributed by atoms with Gasteiger partial charge in [-0.1, -0.05) is 35.5 Å². The van der Waals surface area contributed by atoms with Gasteiger partial charge in [-0.2, -0.15) is 4.98 Å². The minimum absolute atomic E-state index is 0.0177. The molecule has 3 aliphatic rings. The van der Waals surface area contributed by atoms with Gasteiger partial charge in [0.2, 0.25) is 17.6 Å². The topological polar surface area (TPSA) is 68.5 Å². The lowest BCUT2D eigenvalue weighted by Gasteiger charge is -2.34. The van der Waals surface area contributed by atoms with E-state index in [2.05, 4.69) is 10.1 Å². The molecule has 6 nitrogen and oxygen atoms in total. The average Bonchev–Trinajstić information content (AvgIpc) is 3.44. The van der Waals surface area contributed by atoms with Gasteiger partial charge in [0.15, 0.2) is 0 Å². The minimum Gasteiger partial charge on any atom is -0.378 e. The van der Waals surface area contributed by atoms with Crippen LogP contribution in [0, 0.1) is 17.8 Å². The van der Waals surface area contributed by atoms with Crippen LogP contribution in [0.25, 0.3) is 11.4 Å². The van der Waals surface area contributed by atoms with Crippen LogP contribution in [0.2, 0.25) is 0 Å². The second-order valence-corrected chi connectivity index (χ2v) is 7.64. The minimum atomic E-state index is -0.0177. The summed E-state index contributed by atoms with van der Waals surface area (Å²) >= 11 is 0. The number of rotatable bonds is 3. The molecule has 5 rings (SSSR count). The Balaban J connectivity index is 1.43. The van der Waals surface area contributed by atoms with Crippen molar-refractivity contribution in [3.05, 3.63) is 36.2 Å². The van der Waals surface area contributed by atoms with Crippen molar-refractivity contribution in [1.29, 1.82) is 0 Å². The van der Waals surface area contributed by atoms with Gasteiger partial charge in [-0.05, 0) is 31.1 Å². The molecule has 1 saturated heterocycles. The van der Waals surface area contributed by atoms with Crippen molar-refractivity contribution in [2.24, 2.45) is 17.8 Å². The Morgan fingerprint density at radius 3 is 2.65 bits per heavy atom. The van der Waals surface area contributed by atoms with E-state index in [1.54, 1.807) is 0 Å². The number of benzene rings is 1. The number of amides is 1. The van der Waals surface area contributed by atoms with Gasteiger partial charge in [0.1, 0.15) is 0 Å². The maximum atomic E-state index is 13.2. The van der Waals surface area contributed by atoms with Crippen LogP contribution in [0.15, 0.2) is 34.9 Å². The number of fused-ring (bicyclic) bond motifs is 2. The summed E-state index contributed by atoms with van der Waals surface area (Å²) in [5.74, 6) is 2.49. The molecule has 0 unspecified atom stereocenters. The summed E-state index contributed by atoms with van der Waals surface area (Å²) in [6.07, 6.45) is 3.40. The highest BCUT2D eigenvalue weighted by Crippen LogP contribution is 2.57. The van der Waals surface area contributed by atoms with E-state index in [9.17, 15) is 4.79 Å². The van der Waals surface area contributed by atoms with Crippen molar-refractivity contribution in [2.45, 2.75) is 25.2 Å². The van der Waals surface area contributed by atoms with Crippen molar-refractivity contribution in [2.75, 3.05) is 26.3 Å². The van der Waals surface area contributed by atoms with E-state index in [4.69, 9.17) is 9.26 Å². The Labute approximate surface area is 152 Å². The number of ether oxygens (including phenoxy) is 1. The average molecular weight is 353 g/mol. The Morgan fingerprint density at radius 1 is 1.08 bits per heavy atom. The van der Waals surface area contributed by atoms with Gasteiger partial charge >= 0.3 is 0 Å². The van der Waals surface area contributed by atoms with Gasteiger partial charge in [-0.3, -0.25) is 4.79 Å². The third kappa shape index (κ3) is 2.63. The van der Waals surface area contributed by atoms with Crippen LogP contribution in [0.3, 0.4) is 0 Å². The molecule has 6 heteroatoms. The lowest BCUT2D eigenvalue weighted by molar-refractivity contribution is -0.142. The SMILES string of the molecule is O=C([C@H]1[C@H]2CC[C@H](C2)[C@@H]1c1nc(-c2ccccc2)no1)N1CCOCC1. The fourth-order valence-electron chi connectivity index (χ4n) is 5.07. The lowest BCUT2D eigenvalue weighted by atomic mass is 9.78. The van der Waals surface area contributed by atoms with Crippen LogP contribution in [0.5, 0.6) is 0 Å². The second-order valence-electron chi connectivity index (χ2n) is 7.64. The summed E-state index contributed by atoms with van der Waals surface area (Å²) in [6, 6.07) is 9.86. The van der Waals surface area contributed by atoms with Crippen molar-refractivity contribution in [3.8, 4) is 11.4 Å². The van der Waals surface area contributed by atoms with E-state index in [1.807, 2.05) is 35.2 Å². The summed E-state index contributed by atoms with van der Waals surface area (Å²) in [5.41, 5.74) is 0.946. The zero-order valence-electron chi connectivity index (χ0n) is 14.7. The first-order chi connectivity index (χ1) is 12.8. The Hall–Kier alpha value is -2.21. The molecule has 2 saturated carbocycles. The molecule has 2 aromatic rings. The van der Waals surface area contributed by atoms with Crippen molar-refractivity contribution in [3.63, 3.8) is 0 Å². The van der Waals surface area contributed by atoms with Crippen LogP contribution in [0.1, 0.15) is 31.1 Å². The van der Waals surface area contributed by atoms with Gasteiger partial charge in [-0.25, -0.2) is 0 Å². The van der Waals surface area contributed by atoms with E-state index in [0.717, 1.165) is 24.8 Å². The predicted molar refractivity (Wildman–Crippen MR) is 94.2 cm³/mol.